The SMILES string of the molecule is CC(NC(=O)OCC1c2ccccc2-c2ccccc21)C(=O)NC[C@H]1C[C@H]1C(=O)O. The molecular weight excluding hydrogens is 384 g/mol. The van der Waals surface area contributed by atoms with Crippen molar-refractivity contribution < 1.29 is 24.2 Å². The molecule has 0 saturated heterocycles. The maximum absolute atomic E-state index is 12.2. The van der Waals surface area contributed by atoms with Crippen molar-refractivity contribution in [1.82, 2.24) is 10.6 Å². The first-order chi connectivity index (χ1) is 14.5. The molecule has 1 saturated carbocycles. The van der Waals surface area contributed by atoms with Crippen LogP contribution in [0.3, 0.4) is 0 Å². The monoisotopic (exact) mass is 408 g/mol. The number of carboxylic acids is 1. The van der Waals surface area contributed by atoms with Crippen LogP contribution in [0.2, 0.25) is 0 Å². The highest BCUT2D eigenvalue weighted by Crippen LogP contribution is 2.44. The van der Waals surface area contributed by atoms with Gasteiger partial charge in [-0.05, 0) is 41.5 Å². The molecule has 2 aromatic rings. The normalized spacial score (nSPS) is 19.9. The van der Waals surface area contributed by atoms with Crippen LogP contribution in [0.15, 0.2) is 48.5 Å². The lowest BCUT2D eigenvalue weighted by molar-refractivity contribution is -0.139. The van der Waals surface area contributed by atoms with Gasteiger partial charge < -0.3 is 20.5 Å². The minimum atomic E-state index is -0.834. The molecule has 156 valence electrons. The zero-order valence-electron chi connectivity index (χ0n) is 16.6. The van der Waals surface area contributed by atoms with Crippen molar-refractivity contribution in [3.05, 3.63) is 59.7 Å². The predicted molar refractivity (Wildman–Crippen MR) is 110 cm³/mol. The Labute approximate surface area is 174 Å². The average Bonchev–Trinajstić information content (AvgIpc) is 3.46. The Bertz CT molecular complexity index is 944. The Hall–Kier alpha value is -3.35. The average molecular weight is 408 g/mol. The molecule has 7 heteroatoms. The summed E-state index contributed by atoms with van der Waals surface area (Å²) in [5.41, 5.74) is 4.54. The van der Waals surface area contributed by atoms with Crippen molar-refractivity contribution in [2.75, 3.05) is 13.2 Å². The number of fused-ring (bicyclic) bond motifs is 3. The van der Waals surface area contributed by atoms with Gasteiger partial charge in [-0.3, -0.25) is 9.59 Å². The van der Waals surface area contributed by atoms with E-state index in [0.717, 1.165) is 22.3 Å². The lowest BCUT2D eigenvalue weighted by Gasteiger charge is -2.17. The zero-order chi connectivity index (χ0) is 21.3. The molecule has 2 aliphatic rings. The molecule has 0 radical (unpaired) electrons. The van der Waals surface area contributed by atoms with Crippen molar-refractivity contribution in [3.63, 3.8) is 0 Å². The predicted octanol–water partition coefficient (Wildman–Crippen LogP) is 2.75. The summed E-state index contributed by atoms with van der Waals surface area (Å²) in [6.07, 6.45) is -0.0848. The second-order valence-corrected chi connectivity index (χ2v) is 7.88. The van der Waals surface area contributed by atoms with E-state index >= 15 is 0 Å². The maximum atomic E-state index is 12.2. The molecule has 1 unspecified atom stereocenters. The van der Waals surface area contributed by atoms with Gasteiger partial charge in [-0.15, -0.1) is 0 Å². The van der Waals surface area contributed by atoms with E-state index in [1.54, 1.807) is 6.92 Å². The second kappa shape index (κ2) is 8.18. The minimum Gasteiger partial charge on any atom is -0.481 e. The van der Waals surface area contributed by atoms with Crippen molar-refractivity contribution in [2.45, 2.75) is 25.3 Å². The van der Waals surface area contributed by atoms with Gasteiger partial charge in [-0.1, -0.05) is 48.5 Å². The number of rotatable bonds is 7. The molecule has 3 N–H and O–H groups in total. The molecule has 30 heavy (non-hydrogen) atoms. The van der Waals surface area contributed by atoms with Gasteiger partial charge in [0, 0.05) is 12.5 Å². The van der Waals surface area contributed by atoms with Crippen LogP contribution in [-0.4, -0.2) is 42.3 Å². The van der Waals surface area contributed by atoms with E-state index in [1.165, 1.54) is 0 Å². The van der Waals surface area contributed by atoms with Crippen LogP contribution in [0.1, 0.15) is 30.4 Å². The molecule has 0 bridgehead atoms. The standard InChI is InChI=1S/C23H24N2O5/c1-13(21(26)24-11-14-10-19(14)22(27)28)25-23(29)30-12-20-17-8-4-2-6-15(17)16-7-3-5-9-18(16)20/h2-9,13-14,19-20H,10-12H2,1H3,(H,24,26)(H,25,29)(H,27,28)/t13?,14-,19-/m1/s1. The van der Waals surface area contributed by atoms with Gasteiger partial charge in [-0.25, -0.2) is 4.79 Å². The molecular formula is C23H24N2O5. The summed E-state index contributed by atoms with van der Waals surface area (Å²) in [6, 6.07) is 15.4. The van der Waals surface area contributed by atoms with Crippen molar-refractivity contribution in [1.29, 1.82) is 0 Å². The van der Waals surface area contributed by atoms with Crippen LogP contribution in [0.5, 0.6) is 0 Å². The summed E-state index contributed by atoms with van der Waals surface area (Å²) in [6.45, 7) is 2.04. The van der Waals surface area contributed by atoms with Crippen LogP contribution in [0, 0.1) is 11.8 Å². The summed E-state index contributed by atoms with van der Waals surface area (Å²) < 4.78 is 5.44. The molecule has 1 fully saturated rings. The Balaban J connectivity index is 1.29. The summed E-state index contributed by atoms with van der Waals surface area (Å²) in [5, 5.41) is 14.1. The Kier molecular flexibility index (Phi) is 5.44. The molecule has 0 aliphatic heterocycles. The number of nitrogens with one attached hydrogen (secondary N) is 2. The number of carboxylic acid groups (broad SMARTS) is 1. The Morgan fingerprint density at radius 2 is 1.67 bits per heavy atom. The third-order valence-corrected chi connectivity index (χ3v) is 5.85. The van der Waals surface area contributed by atoms with E-state index in [0.29, 0.717) is 13.0 Å². The van der Waals surface area contributed by atoms with E-state index in [9.17, 15) is 14.4 Å². The number of hydrogen-bond acceptors (Lipinski definition) is 4. The fourth-order valence-corrected chi connectivity index (χ4v) is 4.04. The fraction of sp³-hybridized carbons (Fsp3) is 0.348. The third-order valence-electron chi connectivity index (χ3n) is 5.85. The second-order valence-electron chi connectivity index (χ2n) is 7.88. The number of ether oxygens (including phenoxy) is 1. The highest BCUT2D eigenvalue weighted by atomic mass is 16.5. The molecule has 0 spiro atoms. The number of amides is 2. The van der Waals surface area contributed by atoms with Gasteiger partial charge in [0.2, 0.25) is 5.91 Å². The maximum Gasteiger partial charge on any atom is 0.407 e. The Morgan fingerprint density at radius 1 is 1.07 bits per heavy atom. The summed E-state index contributed by atoms with van der Waals surface area (Å²) in [5.74, 6) is -1.66. The Morgan fingerprint density at radius 3 is 2.23 bits per heavy atom. The van der Waals surface area contributed by atoms with Crippen molar-refractivity contribution in [2.24, 2.45) is 11.8 Å². The van der Waals surface area contributed by atoms with Crippen molar-refractivity contribution >= 4 is 18.0 Å². The molecule has 2 amide bonds. The molecule has 0 heterocycles. The topological polar surface area (TPSA) is 105 Å². The quantitative estimate of drug-likeness (QED) is 0.653. The summed E-state index contributed by atoms with van der Waals surface area (Å²) >= 11 is 0. The van der Waals surface area contributed by atoms with Gasteiger partial charge in [-0.2, -0.15) is 0 Å². The number of carbonyl (C=O) groups excluding carboxylic acids is 2. The van der Waals surface area contributed by atoms with Crippen LogP contribution in [0.4, 0.5) is 4.79 Å². The number of aliphatic carboxylic acids is 1. The van der Waals surface area contributed by atoms with E-state index in [2.05, 4.69) is 22.8 Å². The number of benzene rings is 2. The van der Waals surface area contributed by atoms with Crippen molar-refractivity contribution in [3.8, 4) is 11.1 Å². The molecule has 2 aliphatic carbocycles. The van der Waals surface area contributed by atoms with E-state index in [-0.39, 0.29) is 30.3 Å². The number of carbonyl (C=O) groups is 3. The molecule has 2 aromatic carbocycles. The number of alkyl carbamates (subject to hydrolysis) is 1. The zero-order valence-corrected chi connectivity index (χ0v) is 16.6. The lowest BCUT2D eigenvalue weighted by Crippen LogP contribution is -2.45. The van der Waals surface area contributed by atoms with Gasteiger partial charge >= 0.3 is 12.1 Å². The third kappa shape index (κ3) is 4.01. The summed E-state index contributed by atoms with van der Waals surface area (Å²) in [7, 11) is 0. The fourth-order valence-electron chi connectivity index (χ4n) is 4.04. The summed E-state index contributed by atoms with van der Waals surface area (Å²) in [4.78, 5) is 35.2. The van der Waals surface area contributed by atoms with Crippen LogP contribution < -0.4 is 10.6 Å². The van der Waals surface area contributed by atoms with Crippen LogP contribution in [-0.2, 0) is 14.3 Å². The first-order valence-electron chi connectivity index (χ1n) is 10.1. The largest absolute Gasteiger partial charge is 0.481 e. The smallest absolute Gasteiger partial charge is 0.407 e. The molecule has 4 rings (SSSR count). The van der Waals surface area contributed by atoms with Gasteiger partial charge in [0.25, 0.3) is 0 Å². The van der Waals surface area contributed by atoms with E-state index in [4.69, 9.17) is 9.84 Å². The van der Waals surface area contributed by atoms with E-state index < -0.39 is 18.1 Å². The minimum absolute atomic E-state index is 0.0342. The van der Waals surface area contributed by atoms with Crippen LogP contribution in [0.25, 0.3) is 11.1 Å². The lowest BCUT2D eigenvalue weighted by atomic mass is 9.98. The van der Waals surface area contributed by atoms with Gasteiger partial charge in [0.05, 0.1) is 5.92 Å². The first-order valence-corrected chi connectivity index (χ1v) is 10.1. The molecule has 0 aromatic heterocycles. The highest BCUT2D eigenvalue weighted by molar-refractivity contribution is 5.85. The van der Waals surface area contributed by atoms with Gasteiger partial charge in [0.15, 0.2) is 0 Å². The molecule has 7 nitrogen and oxygen atoms in total. The van der Waals surface area contributed by atoms with Gasteiger partial charge in [0.1, 0.15) is 12.6 Å². The highest BCUT2D eigenvalue weighted by Gasteiger charge is 2.43. The van der Waals surface area contributed by atoms with Crippen LogP contribution >= 0.6 is 0 Å². The molecule has 3 atom stereocenters. The van der Waals surface area contributed by atoms with E-state index in [1.807, 2.05) is 36.4 Å². The first kappa shape index (κ1) is 19.9. The number of hydrogen-bond donors (Lipinski definition) is 3.